The fourth-order valence-electron chi connectivity index (χ4n) is 3.21. The molecule has 26 heavy (non-hydrogen) atoms. The fraction of sp³-hybridized carbons (Fsp3) is 0.211. The zero-order chi connectivity index (χ0) is 18.1. The molecule has 2 aromatic carbocycles. The van der Waals surface area contributed by atoms with E-state index in [2.05, 4.69) is 5.32 Å². The van der Waals surface area contributed by atoms with Gasteiger partial charge in [0.05, 0.1) is 16.9 Å². The Balaban J connectivity index is 1.58. The molecule has 2 heterocycles. The highest BCUT2D eigenvalue weighted by atomic mass is 16.4. The number of hydrogen-bond acceptors (Lipinski definition) is 4. The highest BCUT2D eigenvalue weighted by molar-refractivity contribution is 6.02. The van der Waals surface area contributed by atoms with Crippen molar-refractivity contribution in [3.05, 3.63) is 59.1 Å². The van der Waals surface area contributed by atoms with E-state index in [9.17, 15) is 14.4 Å². The largest absolute Gasteiger partial charge is 0.420 e. The summed E-state index contributed by atoms with van der Waals surface area (Å²) in [5, 5.41) is 2.80. The number of fused-ring (bicyclic) bond motifs is 1. The predicted molar refractivity (Wildman–Crippen MR) is 97.1 cm³/mol. The first kappa shape index (κ1) is 16.1. The maximum absolute atomic E-state index is 12.5. The monoisotopic (exact) mass is 351 g/mol. The number of anilines is 2. The Morgan fingerprint density at radius 2 is 1.85 bits per heavy atom. The van der Waals surface area contributed by atoms with Crippen molar-refractivity contribution in [3.63, 3.8) is 0 Å². The molecule has 1 saturated heterocycles. The Labute approximate surface area is 148 Å². The molecular weight excluding hydrogens is 334 g/mol. The van der Waals surface area contributed by atoms with E-state index in [4.69, 9.17) is 4.42 Å². The summed E-state index contributed by atoms with van der Waals surface area (Å²) in [7, 11) is 0. The summed E-state index contributed by atoms with van der Waals surface area (Å²) in [6.07, 6.45) is 1.32. The van der Waals surface area contributed by atoms with Crippen molar-refractivity contribution < 1.29 is 14.0 Å². The molecule has 0 aliphatic carbocycles. The van der Waals surface area contributed by atoms with Gasteiger partial charge in [-0.3, -0.25) is 14.2 Å². The van der Waals surface area contributed by atoms with Gasteiger partial charge in [0, 0.05) is 13.0 Å². The zero-order valence-electron chi connectivity index (χ0n) is 14.0. The van der Waals surface area contributed by atoms with Crippen LogP contribution in [0.5, 0.6) is 0 Å². The fourth-order valence-corrected chi connectivity index (χ4v) is 3.21. The molecule has 7 heteroatoms. The average molecular weight is 351 g/mol. The average Bonchev–Trinajstić information content (AvgIpc) is 3.19. The number of amides is 2. The minimum absolute atomic E-state index is 0.0451. The van der Waals surface area contributed by atoms with Gasteiger partial charge in [0.15, 0.2) is 5.58 Å². The number of hydrogen-bond donors (Lipinski definition) is 1. The molecule has 4 rings (SSSR count). The first-order chi connectivity index (χ1) is 12.6. The van der Waals surface area contributed by atoms with Crippen LogP contribution in [-0.4, -0.2) is 22.9 Å². The van der Waals surface area contributed by atoms with Gasteiger partial charge in [-0.15, -0.1) is 0 Å². The lowest BCUT2D eigenvalue weighted by atomic mass is 10.2. The van der Waals surface area contributed by atoms with E-state index >= 15 is 0 Å². The summed E-state index contributed by atoms with van der Waals surface area (Å²) in [4.78, 5) is 38.2. The molecule has 0 atom stereocenters. The minimum atomic E-state index is -0.579. The van der Waals surface area contributed by atoms with E-state index in [1.165, 1.54) is 4.57 Å². The lowest BCUT2D eigenvalue weighted by Crippen LogP contribution is -2.28. The zero-order valence-corrected chi connectivity index (χ0v) is 14.0. The van der Waals surface area contributed by atoms with Crippen LogP contribution in [0, 0.1) is 0 Å². The Morgan fingerprint density at radius 1 is 1.08 bits per heavy atom. The number of rotatable bonds is 4. The van der Waals surface area contributed by atoms with Crippen molar-refractivity contribution in [3.8, 4) is 0 Å². The highest BCUT2D eigenvalue weighted by Gasteiger charge is 2.24. The van der Waals surface area contributed by atoms with Crippen LogP contribution in [0.2, 0.25) is 0 Å². The second-order valence-electron chi connectivity index (χ2n) is 6.14. The van der Waals surface area contributed by atoms with Crippen LogP contribution in [0.3, 0.4) is 0 Å². The summed E-state index contributed by atoms with van der Waals surface area (Å²) in [5.41, 5.74) is 2.23. The van der Waals surface area contributed by atoms with Crippen molar-refractivity contribution in [2.75, 3.05) is 16.8 Å². The third-order valence-corrected chi connectivity index (χ3v) is 4.42. The molecule has 132 valence electrons. The number of oxazole rings is 1. The van der Waals surface area contributed by atoms with Crippen LogP contribution in [0.4, 0.5) is 11.4 Å². The van der Waals surface area contributed by atoms with Crippen LogP contribution in [0.1, 0.15) is 12.8 Å². The van der Waals surface area contributed by atoms with Gasteiger partial charge in [0.25, 0.3) is 0 Å². The summed E-state index contributed by atoms with van der Waals surface area (Å²) in [6, 6.07) is 14.1. The van der Waals surface area contributed by atoms with Crippen LogP contribution >= 0.6 is 0 Å². The maximum atomic E-state index is 12.5. The first-order valence-electron chi connectivity index (χ1n) is 8.41. The minimum Gasteiger partial charge on any atom is -0.408 e. The Kier molecular flexibility index (Phi) is 4.04. The summed E-state index contributed by atoms with van der Waals surface area (Å²) < 4.78 is 6.43. The normalized spacial score (nSPS) is 14.2. The summed E-state index contributed by atoms with van der Waals surface area (Å²) in [5.74, 6) is -0.897. The molecular formula is C19H17N3O4. The number of para-hydroxylation sites is 4. The molecule has 1 N–H and O–H groups in total. The van der Waals surface area contributed by atoms with E-state index in [-0.39, 0.29) is 18.4 Å². The number of nitrogens with zero attached hydrogens (tertiary/aromatic N) is 2. The smallest absolute Gasteiger partial charge is 0.408 e. The van der Waals surface area contributed by atoms with Crippen LogP contribution in [-0.2, 0) is 16.1 Å². The molecule has 0 unspecified atom stereocenters. The molecule has 3 aromatic rings. The van der Waals surface area contributed by atoms with Crippen LogP contribution in [0.25, 0.3) is 11.1 Å². The van der Waals surface area contributed by atoms with Gasteiger partial charge in [-0.2, -0.15) is 0 Å². The topological polar surface area (TPSA) is 84.5 Å². The molecule has 1 aliphatic rings. The molecule has 0 bridgehead atoms. The van der Waals surface area contributed by atoms with Gasteiger partial charge in [-0.05, 0) is 30.7 Å². The summed E-state index contributed by atoms with van der Waals surface area (Å²) in [6.45, 7) is 0.468. The van der Waals surface area contributed by atoms with Crippen molar-refractivity contribution in [1.82, 2.24) is 4.57 Å². The maximum Gasteiger partial charge on any atom is 0.420 e. The van der Waals surface area contributed by atoms with E-state index in [0.717, 1.165) is 6.42 Å². The number of aromatic nitrogens is 1. The van der Waals surface area contributed by atoms with Gasteiger partial charge < -0.3 is 14.6 Å². The number of carbonyl (C=O) groups is 2. The Hall–Kier alpha value is -3.35. The molecule has 0 spiro atoms. The second-order valence-corrected chi connectivity index (χ2v) is 6.14. The molecule has 7 nitrogen and oxygen atoms in total. The van der Waals surface area contributed by atoms with E-state index in [1.54, 1.807) is 47.4 Å². The molecule has 1 aromatic heterocycles. The summed E-state index contributed by atoms with van der Waals surface area (Å²) >= 11 is 0. The molecule has 1 aliphatic heterocycles. The Bertz CT molecular complexity index is 1050. The third-order valence-electron chi connectivity index (χ3n) is 4.42. The van der Waals surface area contributed by atoms with Crippen molar-refractivity contribution in [1.29, 1.82) is 0 Å². The lowest BCUT2D eigenvalue weighted by Gasteiger charge is -2.20. The van der Waals surface area contributed by atoms with Crippen LogP contribution < -0.4 is 16.0 Å². The second kappa shape index (κ2) is 6.51. The van der Waals surface area contributed by atoms with E-state index < -0.39 is 5.76 Å². The van der Waals surface area contributed by atoms with Gasteiger partial charge in [-0.1, -0.05) is 24.3 Å². The number of carbonyl (C=O) groups excluding carboxylic acids is 2. The Morgan fingerprint density at radius 3 is 2.65 bits per heavy atom. The van der Waals surface area contributed by atoms with Gasteiger partial charge in [0.1, 0.15) is 6.54 Å². The number of benzene rings is 2. The molecule has 0 saturated carbocycles. The third kappa shape index (κ3) is 2.88. The predicted octanol–water partition coefficient (Wildman–Crippen LogP) is 2.36. The molecule has 0 radical (unpaired) electrons. The molecule has 2 amide bonds. The van der Waals surface area contributed by atoms with E-state index in [1.807, 2.05) is 6.07 Å². The SMILES string of the molecule is O=C(Cn1c(=O)oc2ccccc21)Nc1ccccc1N1CCCC1=O. The van der Waals surface area contributed by atoms with E-state index in [0.29, 0.717) is 35.4 Å². The van der Waals surface area contributed by atoms with Gasteiger partial charge in [0.2, 0.25) is 11.8 Å². The molecule has 1 fully saturated rings. The van der Waals surface area contributed by atoms with Gasteiger partial charge >= 0.3 is 5.76 Å². The van der Waals surface area contributed by atoms with Crippen molar-refractivity contribution in [2.24, 2.45) is 0 Å². The lowest BCUT2D eigenvalue weighted by molar-refractivity contribution is -0.117. The standard InChI is InChI=1S/C19H17N3O4/c23-17(12-22-15-8-3-4-9-16(15)26-19(22)25)20-13-6-1-2-7-14(13)21-11-5-10-18(21)24/h1-4,6-9H,5,10-12H2,(H,20,23). The first-order valence-corrected chi connectivity index (χ1v) is 8.41. The number of nitrogens with one attached hydrogen (secondary N) is 1. The van der Waals surface area contributed by atoms with Crippen molar-refractivity contribution >= 4 is 34.3 Å². The van der Waals surface area contributed by atoms with Crippen LogP contribution in [0.15, 0.2) is 57.7 Å². The van der Waals surface area contributed by atoms with Gasteiger partial charge in [-0.25, -0.2) is 4.79 Å². The highest BCUT2D eigenvalue weighted by Crippen LogP contribution is 2.29. The quantitative estimate of drug-likeness (QED) is 0.782. The van der Waals surface area contributed by atoms with Crippen molar-refractivity contribution in [2.45, 2.75) is 19.4 Å².